The molecule has 2 nitrogen and oxygen atoms in total. The zero-order valence-electron chi connectivity index (χ0n) is 19.2. The normalized spacial score (nSPS) is 54.5. The molecule has 11 atom stereocenters. The van der Waals surface area contributed by atoms with E-state index in [1.165, 1.54) is 44.9 Å². The first-order valence-electron chi connectivity index (χ1n) is 12.6. The summed E-state index contributed by atoms with van der Waals surface area (Å²) in [6.07, 6.45) is 11.9. The highest BCUT2D eigenvalue weighted by Crippen LogP contribution is 2.69. The number of hydrogen-bond donors (Lipinski definition) is 2. The van der Waals surface area contributed by atoms with E-state index in [-0.39, 0.29) is 12.2 Å². The third-order valence-electron chi connectivity index (χ3n) is 10.9. The first-order chi connectivity index (χ1) is 13.3. The van der Waals surface area contributed by atoms with E-state index >= 15 is 0 Å². The Bertz CT molecular complexity index is 561. The monoisotopic (exact) mass is 390 g/mol. The SMILES string of the molecule is CCC[C@@H](C)C1CCC2C3C(CC[C@@]21C)[C@@]1(C)CC[C@@H](O)CC1[C@@H](CC)[C@H]3O. The maximum Gasteiger partial charge on any atom is 0.0605 e. The maximum absolute atomic E-state index is 11.7. The fourth-order valence-electron chi connectivity index (χ4n) is 9.59. The van der Waals surface area contributed by atoms with Crippen LogP contribution in [0.3, 0.4) is 0 Å². The molecule has 4 rings (SSSR count). The topological polar surface area (TPSA) is 40.5 Å². The highest BCUT2D eigenvalue weighted by atomic mass is 16.3. The van der Waals surface area contributed by atoms with Crippen LogP contribution in [0.4, 0.5) is 0 Å². The van der Waals surface area contributed by atoms with Gasteiger partial charge in [0.1, 0.15) is 0 Å². The van der Waals surface area contributed by atoms with Gasteiger partial charge in [-0.15, -0.1) is 0 Å². The van der Waals surface area contributed by atoms with Gasteiger partial charge in [0, 0.05) is 0 Å². The van der Waals surface area contributed by atoms with Crippen LogP contribution in [0.5, 0.6) is 0 Å². The summed E-state index contributed by atoms with van der Waals surface area (Å²) in [6.45, 7) is 12.3. The van der Waals surface area contributed by atoms with Gasteiger partial charge in [-0.3, -0.25) is 0 Å². The Morgan fingerprint density at radius 2 is 1.57 bits per heavy atom. The van der Waals surface area contributed by atoms with Crippen LogP contribution in [0.2, 0.25) is 0 Å². The molecule has 5 unspecified atom stereocenters. The second kappa shape index (κ2) is 7.56. The Labute approximate surface area is 173 Å². The molecular formula is C26H46O2. The fraction of sp³-hybridized carbons (Fsp3) is 1.00. The van der Waals surface area contributed by atoms with E-state index in [4.69, 9.17) is 0 Å². The van der Waals surface area contributed by atoms with Crippen molar-refractivity contribution in [1.82, 2.24) is 0 Å². The smallest absolute Gasteiger partial charge is 0.0605 e. The number of aliphatic hydroxyl groups is 2. The summed E-state index contributed by atoms with van der Waals surface area (Å²) in [5, 5.41) is 22.1. The summed E-state index contributed by atoms with van der Waals surface area (Å²) >= 11 is 0. The van der Waals surface area contributed by atoms with Crippen molar-refractivity contribution < 1.29 is 10.2 Å². The van der Waals surface area contributed by atoms with E-state index in [0.29, 0.717) is 40.4 Å². The first kappa shape index (κ1) is 21.2. The van der Waals surface area contributed by atoms with Crippen LogP contribution in [0.15, 0.2) is 0 Å². The molecule has 0 heterocycles. The number of hydrogen-bond acceptors (Lipinski definition) is 2. The molecule has 0 aromatic heterocycles. The molecule has 162 valence electrons. The van der Waals surface area contributed by atoms with Gasteiger partial charge in [-0.25, -0.2) is 0 Å². The Morgan fingerprint density at radius 1 is 0.893 bits per heavy atom. The quantitative estimate of drug-likeness (QED) is 0.613. The lowest BCUT2D eigenvalue weighted by Crippen LogP contribution is -2.62. The molecule has 0 bridgehead atoms. The van der Waals surface area contributed by atoms with Crippen LogP contribution >= 0.6 is 0 Å². The average Bonchev–Trinajstić information content (AvgIpc) is 3.01. The van der Waals surface area contributed by atoms with Crippen LogP contribution in [0.25, 0.3) is 0 Å². The van der Waals surface area contributed by atoms with E-state index in [2.05, 4.69) is 34.6 Å². The molecule has 0 aliphatic heterocycles. The van der Waals surface area contributed by atoms with Gasteiger partial charge in [-0.1, -0.05) is 53.9 Å². The number of rotatable bonds is 4. The first-order valence-corrected chi connectivity index (χ1v) is 12.6. The van der Waals surface area contributed by atoms with Gasteiger partial charge in [0.2, 0.25) is 0 Å². The second-order valence-electron chi connectivity index (χ2n) is 11.9. The fourth-order valence-corrected chi connectivity index (χ4v) is 9.59. The van der Waals surface area contributed by atoms with Crippen LogP contribution in [0.1, 0.15) is 98.8 Å². The van der Waals surface area contributed by atoms with Crippen molar-refractivity contribution in [2.24, 2.45) is 52.3 Å². The molecule has 2 heteroatoms. The summed E-state index contributed by atoms with van der Waals surface area (Å²) < 4.78 is 0. The van der Waals surface area contributed by atoms with Crippen molar-refractivity contribution in [3.8, 4) is 0 Å². The van der Waals surface area contributed by atoms with Gasteiger partial charge < -0.3 is 10.2 Å². The Hall–Kier alpha value is -0.0800. The third-order valence-corrected chi connectivity index (χ3v) is 10.9. The van der Waals surface area contributed by atoms with Gasteiger partial charge in [0.15, 0.2) is 0 Å². The van der Waals surface area contributed by atoms with Crippen LogP contribution in [0, 0.1) is 52.3 Å². The van der Waals surface area contributed by atoms with Gasteiger partial charge in [0.25, 0.3) is 0 Å². The molecule has 0 aromatic carbocycles. The van der Waals surface area contributed by atoms with Crippen LogP contribution < -0.4 is 0 Å². The molecule has 0 amide bonds. The molecule has 4 aliphatic carbocycles. The van der Waals surface area contributed by atoms with Crippen molar-refractivity contribution in [3.63, 3.8) is 0 Å². The molecule has 0 radical (unpaired) electrons. The minimum absolute atomic E-state index is 0.143. The summed E-state index contributed by atoms with van der Waals surface area (Å²) in [7, 11) is 0. The van der Waals surface area contributed by atoms with Gasteiger partial charge in [0.05, 0.1) is 12.2 Å². The lowest BCUT2D eigenvalue weighted by molar-refractivity contribution is -0.203. The minimum Gasteiger partial charge on any atom is -0.393 e. The molecule has 0 aromatic rings. The Kier molecular flexibility index (Phi) is 5.71. The number of fused-ring (bicyclic) bond motifs is 5. The summed E-state index contributed by atoms with van der Waals surface area (Å²) in [5.74, 6) is 4.45. The molecule has 0 spiro atoms. The minimum atomic E-state index is -0.150. The van der Waals surface area contributed by atoms with Crippen molar-refractivity contribution in [2.45, 2.75) is 111 Å². The average molecular weight is 391 g/mol. The van der Waals surface area contributed by atoms with Crippen molar-refractivity contribution in [2.75, 3.05) is 0 Å². The van der Waals surface area contributed by atoms with Crippen LogP contribution in [-0.2, 0) is 0 Å². The predicted octanol–water partition coefficient (Wildman–Crippen LogP) is 6.05. The van der Waals surface area contributed by atoms with E-state index in [1.807, 2.05) is 0 Å². The Balaban J connectivity index is 1.67. The van der Waals surface area contributed by atoms with E-state index in [0.717, 1.165) is 31.1 Å². The predicted molar refractivity (Wildman–Crippen MR) is 116 cm³/mol. The molecular weight excluding hydrogens is 344 g/mol. The van der Waals surface area contributed by atoms with E-state index in [9.17, 15) is 10.2 Å². The lowest BCUT2D eigenvalue weighted by atomic mass is 9.41. The molecule has 4 fully saturated rings. The highest BCUT2D eigenvalue weighted by Gasteiger charge is 2.64. The third kappa shape index (κ3) is 2.95. The summed E-state index contributed by atoms with van der Waals surface area (Å²) in [5.41, 5.74) is 0.769. The standard InChI is InChI=1S/C26H46O2/c1-6-8-16(3)19-9-10-20-23-21(12-14-25(19,20)4)26(5)13-11-17(27)15-22(26)18(7-2)24(23)28/h16-24,27-28H,6-15H2,1-5H3/t16-,17-,18-,19?,20?,21?,22?,23?,24-,25-,26-/m1/s1. The highest BCUT2D eigenvalue weighted by molar-refractivity contribution is 5.13. The van der Waals surface area contributed by atoms with E-state index < -0.39 is 0 Å². The maximum atomic E-state index is 11.7. The molecule has 2 N–H and O–H groups in total. The molecule has 4 saturated carbocycles. The number of aliphatic hydroxyl groups excluding tert-OH is 2. The van der Waals surface area contributed by atoms with Crippen LogP contribution in [-0.4, -0.2) is 22.4 Å². The Morgan fingerprint density at radius 3 is 2.25 bits per heavy atom. The van der Waals surface area contributed by atoms with Crippen molar-refractivity contribution >= 4 is 0 Å². The largest absolute Gasteiger partial charge is 0.393 e. The second-order valence-corrected chi connectivity index (χ2v) is 11.9. The van der Waals surface area contributed by atoms with Gasteiger partial charge in [-0.05, 0) is 97.2 Å². The molecule has 4 aliphatic rings. The van der Waals surface area contributed by atoms with Gasteiger partial charge in [-0.2, -0.15) is 0 Å². The lowest BCUT2D eigenvalue weighted by Gasteiger charge is -2.64. The molecule has 0 saturated heterocycles. The van der Waals surface area contributed by atoms with E-state index in [1.54, 1.807) is 0 Å². The summed E-state index contributed by atoms with van der Waals surface area (Å²) in [6, 6.07) is 0. The molecule has 28 heavy (non-hydrogen) atoms. The zero-order chi connectivity index (χ0) is 20.3. The van der Waals surface area contributed by atoms with Crippen molar-refractivity contribution in [1.29, 1.82) is 0 Å². The zero-order valence-corrected chi connectivity index (χ0v) is 19.2. The van der Waals surface area contributed by atoms with Gasteiger partial charge >= 0.3 is 0 Å². The summed E-state index contributed by atoms with van der Waals surface area (Å²) in [4.78, 5) is 0. The van der Waals surface area contributed by atoms with Crippen molar-refractivity contribution in [3.05, 3.63) is 0 Å².